The first-order valence-corrected chi connectivity index (χ1v) is 11.1. The van der Waals surface area contributed by atoms with E-state index in [0.29, 0.717) is 24.3 Å². The van der Waals surface area contributed by atoms with Crippen molar-refractivity contribution >= 4 is 60.8 Å². The van der Waals surface area contributed by atoms with E-state index in [0.717, 1.165) is 25.7 Å². The van der Waals surface area contributed by atoms with Crippen LogP contribution in [0.4, 0.5) is 0 Å². The molecule has 162 valence electrons. The molecular formula is C24H40BaO4. The van der Waals surface area contributed by atoms with E-state index in [9.17, 15) is 9.59 Å². The molecule has 4 nitrogen and oxygen atoms in total. The third-order valence-corrected chi connectivity index (χ3v) is 4.83. The van der Waals surface area contributed by atoms with Crippen molar-refractivity contribution < 1.29 is 21.9 Å². The predicted octanol–water partition coefficient (Wildman–Crippen LogP) is 6.57. The van der Waals surface area contributed by atoms with E-state index in [4.69, 9.17) is 9.47 Å². The summed E-state index contributed by atoms with van der Waals surface area (Å²) in [6.07, 6.45) is 13.6. The number of hydrogen-bond acceptors (Lipinski definition) is 4. The van der Waals surface area contributed by atoms with Gasteiger partial charge in [0.2, 0.25) is 0 Å². The van der Waals surface area contributed by atoms with Crippen LogP contribution >= 0.6 is 0 Å². The Morgan fingerprint density at radius 3 is 1.38 bits per heavy atom. The van der Waals surface area contributed by atoms with E-state index in [1.807, 2.05) is 0 Å². The van der Waals surface area contributed by atoms with Crippen LogP contribution in [-0.2, 0) is 9.47 Å². The zero-order valence-corrected chi connectivity index (χ0v) is 23.0. The first-order chi connectivity index (χ1) is 13.7. The molecule has 0 bridgehead atoms. The number of carbonyl (C=O) groups excluding carboxylic acids is 2. The van der Waals surface area contributed by atoms with Gasteiger partial charge in [-0.1, -0.05) is 90.2 Å². The van der Waals surface area contributed by atoms with Gasteiger partial charge in [0, 0.05) is 0 Å². The summed E-state index contributed by atoms with van der Waals surface area (Å²) in [4.78, 5) is 24.7. The smallest absolute Gasteiger partial charge is 1.00 e. The fraction of sp³-hybridized carbons (Fsp3) is 0.667. The van der Waals surface area contributed by atoms with Crippen LogP contribution in [0.3, 0.4) is 0 Å². The Balaban J connectivity index is -0.00000261. The first kappa shape index (κ1) is 28.7. The Kier molecular flexibility index (Phi) is 19.5. The van der Waals surface area contributed by atoms with Gasteiger partial charge in [0.05, 0.1) is 24.3 Å². The van der Waals surface area contributed by atoms with Gasteiger partial charge in [-0.2, -0.15) is 0 Å². The third kappa shape index (κ3) is 13.6. The Labute approximate surface area is 220 Å². The summed E-state index contributed by atoms with van der Waals surface area (Å²) in [5, 5.41) is 0. The average Bonchev–Trinajstić information content (AvgIpc) is 2.72. The van der Waals surface area contributed by atoms with E-state index in [-0.39, 0.29) is 51.7 Å². The molecule has 0 radical (unpaired) electrons. The number of rotatable bonds is 16. The standard InChI is InChI=1S/C24H38O4.Ba.2H/c1-3-5-7-9-11-15-19-27-23(25)21-17-13-14-18-22(21)24(26)28-20-16-12-10-8-6-4-2;;;/h13-14,17-18H,3-12,15-16,19-20H2,1-2H3;;;/q;+2;2*-1. The minimum Gasteiger partial charge on any atom is -1.00 e. The normalized spacial score (nSPS) is 10.3. The summed E-state index contributed by atoms with van der Waals surface area (Å²) in [5.74, 6) is -0.888. The van der Waals surface area contributed by atoms with Gasteiger partial charge >= 0.3 is 60.8 Å². The van der Waals surface area contributed by atoms with Crippen molar-refractivity contribution in [1.29, 1.82) is 0 Å². The maximum Gasteiger partial charge on any atom is 2.00 e. The number of hydrogen-bond donors (Lipinski definition) is 0. The van der Waals surface area contributed by atoms with Crippen LogP contribution in [0.1, 0.15) is 114 Å². The van der Waals surface area contributed by atoms with Gasteiger partial charge in [-0.25, -0.2) is 9.59 Å². The molecule has 0 unspecified atom stereocenters. The van der Waals surface area contributed by atoms with Crippen molar-refractivity contribution in [2.75, 3.05) is 13.2 Å². The van der Waals surface area contributed by atoms with E-state index < -0.39 is 11.9 Å². The average molecular weight is 530 g/mol. The molecule has 0 saturated heterocycles. The molecule has 0 aliphatic rings. The number of carbonyl (C=O) groups is 2. The van der Waals surface area contributed by atoms with Crippen LogP contribution in [0.25, 0.3) is 0 Å². The van der Waals surface area contributed by atoms with Crippen molar-refractivity contribution in [2.24, 2.45) is 0 Å². The van der Waals surface area contributed by atoms with Crippen LogP contribution < -0.4 is 0 Å². The molecular weight excluding hydrogens is 490 g/mol. The van der Waals surface area contributed by atoms with Crippen LogP contribution in [0.5, 0.6) is 0 Å². The molecule has 29 heavy (non-hydrogen) atoms. The molecule has 0 N–H and O–H groups in total. The molecule has 5 heteroatoms. The molecule has 0 heterocycles. The third-order valence-electron chi connectivity index (χ3n) is 4.83. The van der Waals surface area contributed by atoms with Crippen molar-refractivity contribution in [3.8, 4) is 0 Å². The summed E-state index contributed by atoms with van der Waals surface area (Å²) in [6.45, 7) is 5.17. The maximum atomic E-state index is 12.4. The topological polar surface area (TPSA) is 52.6 Å². The Morgan fingerprint density at radius 1 is 0.655 bits per heavy atom. The SMILES string of the molecule is CCCCCCCCOC(=O)c1ccccc1C(=O)OCCCCCCCC.[Ba+2].[H-].[H-]. The molecule has 0 atom stereocenters. The number of unbranched alkanes of at least 4 members (excludes halogenated alkanes) is 10. The molecule has 1 aromatic carbocycles. The van der Waals surface area contributed by atoms with Crippen LogP contribution in [0.15, 0.2) is 24.3 Å². The van der Waals surface area contributed by atoms with E-state index in [1.165, 1.54) is 51.4 Å². The fourth-order valence-electron chi connectivity index (χ4n) is 3.09. The Bertz CT molecular complexity index is 521. The summed E-state index contributed by atoms with van der Waals surface area (Å²) in [7, 11) is 0. The molecule has 0 fully saturated rings. The van der Waals surface area contributed by atoms with Crippen molar-refractivity contribution in [3.05, 3.63) is 35.4 Å². The van der Waals surface area contributed by atoms with Gasteiger partial charge in [-0.3, -0.25) is 0 Å². The van der Waals surface area contributed by atoms with E-state index in [2.05, 4.69) is 13.8 Å². The summed E-state index contributed by atoms with van der Waals surface area (Å²) in [5.41, 5.74) is 0.586. The van der Waals surface area contributed by atoms with Gasteiger partial charge in [0.15, 0.2) is 0 Å². The molecule has 0 saturated carbocycles. The minimum atomic E-state index is -0.444. The zero-order chi connectivity index (χ0) is 20.5. The molecule has 0 aliphatic heterocycles. The van der Waals surface area contributed by atoms with Crippen LogP contribution in [0, 0.1) is 0 Å². The second kappa shape index (κ2) is 19.7. The first-order valence-electron chi connectivity index (χ1n) is 11.1. The number of benzene rings is 1. The quantitative estimate of drug-likeness (QED) is 0.138. The van der Waals surface area contributed by atoms with Gasteiger partial charge in [-0.15, -0.1) is 0 Å². The molecule has 1 rings (SSSR count). The second-order valence-corrected chi connectivity index (χ2v) is 7.35. The number of esters is 2. The summed E-state index contributed by atoms with van der Waals surface area (Å²) < 4.78 is 10.7. The van der Waals surface area contributed by atoms with Crippen molar-refractivity contribution in [1.82, 2.24) is 0 Å². The summed E-state index contributed by atoms with van der Waals surface area (Å²) in [6, 6.07) is 6.74. The summed E-state index contributed by atoms with van der Waals surface area (Å²) >= 11 is 0. The molecule has 1 aromatic rings. The number of ether oxygens (including phenoxy) is 2. The molecule has 0 spiro atoms. The van der Waals surface area contributed by atoms with Gasteiger partial charge in [0.1, 0.15) is 0 Å². The molecule has 0 aliphatic carbocycles. The van der Waals surface area contributed by atoms with Crippen molar-refractivity contribution in [2.45, 2.75) is 90.9 Å². The van der Waals surface area contributed by atoms with Gasteiger partial charge in [-0.05, 0) is 25.0 Å². The van der Waals surface area contributed by atoms with E-state index in [1.54, 1.807) is 24.3 Å². The zero-order valence-electron chi connectivity index (χ0n) is 20.5. The molecule has 0 aromatic heterocycles. The van der Waals surface area contributed by atoms with Crippen LogP contribution in [0.2, 0.25) is 0 Å². The Hall–Kier alpha value is -0.269. The fourth-order valence-corrected chi connectivity index (χ4v) is 3.09. The van der Waals surface area contributed by atoms with Gasteiger partial charge < -0.3 is 12.3 Å². The monoisotopic (exact) mass is 530 g/mol. The maximum absolute atomic E-state index is 12.4. The predicted molar refractivity (Wildman–Crippen MR) is 122 cm³/mol. The van der Waals surface area contributed by atoms with Crippen LogP contribution in [-0.4, -0.2) is 74.0 Å². The van der Waals surface area contributed by atoms with Crippen molar-refractivity contribution in [3.63, 3.8) is 0 Å². The second-order valence-electron chi connectivity index (χ2n) is 7.35. The Morgan fingerprint density at radius 2 is 1.00 bits per heavy atom. The largest absolute Gasteiger partial charge is 2.00 e. The van der Waals surface area contributed by atoms with E-state index >= 15 is 0 Å². The minimum absolute atomic E-state index is 0. The van der Waals surface area contributed by atoms with Gasteiger partial charge in [0.25, 0.3) is 0 Å². The molecule has 0 amide bonds.